The van der Waals surface area contributed by atoms with Gasteiger partial charge in [0.05, 0.1) is 11.0 Å². The van der Waals surface area contributed by atoms with E-state index in [2.05, 4.69) is 34.7 Å². The van der Waals surface area contributed by atoms with Crippen LogP contribution in [-0.4, -0.2) is 63.5 Å². The Hall–Kier alpha value is -2.66. The molecule has 1 fully saturated rings. The van der Waals surface area contributed by atoms with E-state index in [4.69, 9.17) is 0 Å². The molecule has 1 atom stereocenters. The fourth-order valence-corrected chi connectivity index (χ4v) is 4.75. The first-order valence-corrected chi connectivity index (χ1v) is 10.6. The average Bonchev–Trinajstić information content (AvgIpc) is 3.23. The number of amides is 1. The Labute approximate surface area is 174 Å². The number of anilines is 1. The monoisotopic (exact) mass is 435 g/mol. The number of hydrogen-bond donors (Lipinski definition) is 2. The molecule has 0 saturated carbocycles. The Morgan fingerprint density at radius 3 is 2.77 bits per heavy atom. The van der Waals surface area contributed by atoms with Crippen LogP contribution in [0.1, 0.15) is 13.3 Å². The second kappa shape index (κ2) is 6.95. The van der Waals surface area contributed by atoms with Crippen LogP contribution >= 0.6 is 11.8 Å². The molecule has 3 aliphatic rings. The molecule has 0 unspecified atom stereocenters. The lowest BCUT2D eigenvalue weighted by Crippen LogP contribution is -2.50. The van der Waals surface area contributed by atoms with Crippen molar-refractivity contribution >= 4 is 40.9 Å². The summed E-state index contributed by atoms with van der Waals surface area (Å²) >= 11 is 1.92. The number of nitrogens with zero attached hydrogens (tertiary/aromatic N) is 3. The fourth-order valence-electron chi connectivity index (χ4n) is 3.85. The molecule has 30 heavy (non-hydrogen) atoms. The zero-order chi connectivity index (χ0) is 20.9. The van der Waals surface area contributed by atoms with Crippen molar-refractivity contribution in [1.82, 2.24) is 14.9 Å². The molecule has 1 aromatic carbocycles. The number of nitrogens with one attached hydrogen (secondary N) is 2. The molecule has 1 saturated heterocycles. The first-order chi connectivity index (χ1) is 14.3. The number of fused-ring (bicyclic) bond motifs is 2. The van der Waals surface area contributed by atoms with Crippen molar-refractivity contribution in [2.24, 2.45) is 4.99 Å². The second-order valence-corrected chi connectivity index (χ2v) is 8.71. The molecule has 5 rings (SSSR count). The highest BCUT2D eigenvalue weighted by Crippen LogP contribution is 2.43. The zero-order valence-corrected chi connectivity index (χ0v) is 16.9. The van der Waals surface area contributed by atoms with Gasteiger partial charge in [0.15, 0.2) is 11.5 Å². The lowest BCUT2D eigenvalue weighted by Gasteiger charge is -2.41. The lowest BCUT2D eigenvalue weighted by atomic mass is 9.96. The molecule has 4 heterocycles. The quantitative estimate of drug-likeness (QED) is 0.770. The Morgan fingerprint density at radius 1 is 1.27 bits per heavy atom. The maximum atomic E-state index is 13.2. The molecular formula is C19H19F2N5O3S. The number of aromatic amines is 1. The largest absolute Gasteiger partial charge is 0.586 e. The van der Waals surface area contributed by atoms with Gasteiger partial charge >= 0.3 is 6.29 Å². The number of hydrogen-bond acceptors (Lipinski definition) is 7. The summed E-state index contributed by atoms with van der Waals surface area (Å²) in [6, 6.07) is 2.71. The van der Waals surface area contributed by atoms with Crippen LogP contribution in [0.5, 0.6) is 11.5 Å². The number of alkyl halides is 2. The summed E-state index contributed by atoms with van der Waals surface area (Å²) < 4.78 is 35.3. The van der Waals surface area contributed by atoms with Crippen molar-refractivity contribution in [3.8, 4) is 11.5 Å². The molecule has 0 radical (unpaired) electrons. The van der Waals surface area contributed by atoms with E-state index in [0.717, 1.165) is 24.6 Å². The van der Waals surface area contributed by atoms with E-state index in [0.29, 0.717) is 23.0 Å². The van der Waals surface area contributed by atoms with Crippen molar-refractivity contribution in [1.29, 1.82) is 0 Å². The van der Waals surface area contributed by atoms with Crippen LogP contribution in [0, 0.1) is 0 Å². The van der Waals surface area contributed by atoms with E-state index in [-0.39, 0.29) is 23.4 Å². The normalized spacial score (nSPS) is 25.4. The van der Waals surface area contributed by atoms with Gasteiger partial charge in [-0.25, -0.2) is 4.98 Å². The van der Waals surface area contributed by atoms with Crippen LogP contribution in [0.3, 0.4) is 0 Å². The number of ether oxygens (including phenoxy) is 2. The third-order valence-electron chi connectivity index (χ3n) is 5.37. The van der Waals surface area contributed by atoms with Gasteiger partial charge in [-0.3, -0.25) is 20.0 Å². The minimum absolute atomic E-state index is 0.0873. The zero-order valence-electron chi connectivity index (χ0n) is 16.1. The molecule has 0 bridgehead atoms. The molecule has 158 valence electrons. The lowest BCUT2D eigenvalue weighted by molar-refractivity contribution is -0.286. The number of benzene rings is 1. The van der Waals surface area contributed by atoms with Crippen molar-refractivity contribution in [2.75, 3.05) is 29.9 Å². The number of carbonyl (C=O) groups excluding carboxylic acids is 1. The van der Waals surface area contributed by atoms with Crippen molar-refractivity contribution < 1.29 is 23.0 Å². The third-order valence-corrected chi connectivity index (χ3v) is 6.32. The van der Waals surface area contributed by atoms with Crippen LogP contribution in [0.4, 0.5) is 14.7 Å². The maximum absolute atomic E-state index is 13.2. The van der Waals surface area contributed by atoms with Gasteiger partial charge in [-0.15, -0.1) is 8.78 Å². The highest BCUT2D eigenvalue weighted by molar-refractivity contribution is 7.99. The molecule has 2 N–H and O–H groups in total. The van der Waals surface area contributed by atoms with Gasteiger partial charge in [0.2, 0.25) is 5.95 Å². The summed E-state index contributed by atoms with van der Waals surface area (Å²) in [6.07, 6.45) is 0.188. The summed E-state index contributed by atoms with van der Waals surface area (Å²) in [4.78, 5) is 26.9. The predicted molar refractivity (Wildman–Crippen MR) is 109 cm³/mol. The smallest absolute Gasteiger partial charge is 0.395 e. The van der Waals surface area contributed by atoms with E-state index in [1.807, 2.05) is 18.7 Å². The Bertz CT molecular complexity index is 1030. The first kappa shape index (κ1) is 19.3. The highest BCUT2D eigenvalue weighted by atomic mass is 32.2. The van der Waals surface area contributed by atoms with Gasteiger partial charge in [0, 0.05) is 54.9 Å². The van der Waals surface area contributed by atoms with Crippen LogP contribution in [0.25, 0.3) is 11.0 Å². The highest BCUT2D eigenvalue weighted by Gasteiger charge is 2.43. The molecule has 11 heteroatoms. The number of dihydropyridines is 1. The van der Waals surface area contributed by atoms with Crippen LogP contribution in [0.2, 0.25) is 0 Å². The minimum atomic E-state index is -3.69. The number of rotatable bonds is 3. The van der Waals surface area contributed by atoms with Crippen LogP contribution in [0.15, 0.2) is 28.8 Å². The summed E-state index contributed by atoms with van der Waals surface area (Å²) in [5.41, 5.74) is 0.970. The summed E-state index contributed by atoms with van der Waals surface area (Å²) in [5.74, 6) is 1.85. The molecule has 0 aliphatic carbocycles. The van der Waals surface area contributed by atoms with Crippen LogP contribution < -0.4 is 14.8 Å². The summed E-state index contributed by atoms with van der Waals surface area (Å²) in [7, 11) is 0. The second-order valence-electron chi connectivity index (χ2n) is 7.49. The van der Waals surface area contributed by atoms with E-state index < -0.39 is 12.0 Å². The molecule has 0 spiro atoms. The topological polar surface area (TPSA) is 91.8 Å². The fraction of sp³-hybridized carbons (Fsp3) is 0.421. The number of allylic oxidation sites excluding steroid dienone is 1. The first-order valence-electron chi connectivity index (χ1n) is 9.49. The number of aliphatic imine (C=N–C) groups is 1. The van der Waals surface area contributed by atoms with Gasteiger partial charge in [-0.05, 0) is 13.0 Å². The number of H-pyrrole nitrogens is 1. The predicted octanol–water partition coefficient (Wildman–Crippen LogP) is 2.99. The van der Waals surface area contributed by atoms with Gasteiger partial charge in [0.1, 0.15) is 5.66 Å². The van der Waals surface area contributed by atoms with E-state index in [1.165, 1.54) is 12.1 Å². The van der Waals surface area contributed by atoms with Gasteiger partial charge in [-0.1, -0.05) is 0 Å². The van der Waals surface area contributed by atoms with E-state index >= 15 is 0 Å². The van der Waals surface area contributed by atoms with E-state index in [9.17, 15) is 13.6 Å². The SMILES string of the molecule is C[C@]1(N2CCSCC2)CC(C(=O)Nc2nc3cc4c(cc3[nH]2)OC(F)(F)O4)=CC=N1. The van der Waals surface area contributed by atoms with Gasteiger partial charge in [-0.2, -0.15) is 11.8 Å². The van der Waals surface area contributed by atoms with Gasteiger partial charge in [0.25, 0.3) is 5.91 Å². The number of imidazole rings is 1. The third kappa shape index (κ3) is 3.52. The van der Waals surface area contributed by atoms with Crippen molar-refractivity contribution in [3.63, 3.8) is 0 Å². The molecule has 3 aliphatic heterocycles. The number of carbonyl (C=O) groups is 1. The van der Waals surface area contributed by atoms with Gasteiger partial charge < -0.3 is 14.5 Å². The number of halogens is 2. The Balaban J connectivity index is 1.31. The molecule has 1 aromatic heterocycles. The number of thioether (sulfide) groups is 1. The Kier molecular flexibility index (Phi) is 4.47. The molecule has 1 amide bonds. The molecule has 2 aromatic rings. The standard InChI is InChI=1S/C19H19F2N5O3S/c1-18(26-4-6-30-7-5-26)10-11(2-3-22-18)16(27)25-17-23-12-8-14-15(9-13(12)24-17)29-19(20,21)28-14/h2-3,8-9H,4-7,10H2,1H3,(H2,23,24,25,27)/t18-/m0/s1. The van der Waals surface area contributed by atoms with E-state index in [1.54, 1.807) is 12.3 Å². The van der Waals surface area contributed by atoms with Crippen molar-refractivity contribution in [2.45, 2.75) is 25.3 Å². The minimum Gasteiger partial charge on any atom is -0.395 e. The maximum Gasteiger partial charge on any atom is 0.586 e. The number of aromatic nitrogens is 2. The summed E-state index contributed by atoms with van der Waals surface area (Å²) in [5, 5.41) is 2.75. The Morgan fingerprint density at radius 2 is 2.00 bits per heavy atom. The average molecular weight is 435 g/mol. The molecule has 8 nitrogen and oxygen atoms in total. The van der Waals surface area contributed by atoms with Crippen molar-refractivity contribution in [3.05, 3.63) is 23.8 Å². The van der Waals surface area contributed by atoms with Crippen LogP contribution in [-0.2, 0) is 4.79 Å². The summed E-state index contributed by atoms with van der Waals surface area (Å²) in [6.45, 7) is 3.91. The molecular weight excluding hydrogens is 416 g/mol.